The van der Waals surface area contributed by atoms with Gasteiger partial charge in [0.05, 0.1) is 0 Å². The number of phenols is 1. The Hall–Kier alpha value is -1.86. The summed E-state index contributed by atoms with van der Waals surface area (Å²) in [6, 6.07) is 6.59. The molecule has 2 aromatic rings. The van der Waals surface area contributed by atoms with E-state index in [9.17, 15) is 13.5 Å². The van der Waals surface area contributed by atoms with Gasteiger partial charge in [-0.3, -0.25) is 0 Å². The molecule has 0 unspecified atom stereocenters. The zero-order valence-electron chi connectivity index (χ0n) is 11.4. The van der Waals surface area contributed by atoms with E-state index in [1.54, 1.807) is 29.7 Å². The molecule has 2 rings (SSSR count). The van der Waals surface area contributed by atoms with E-state index in [1.807, 2.05) is 6.92 Å². The lowest BCUT2D eigenvalue weighted by molar-refractivity contribution is 0.467. The average Bonchev–Trinajstić information content (AvgIpc) is 2.80. The molecule has 0 atom stereocenters. The van der Waals surface area contributed by atoms with Gasteiger partial charge in [-0.05, 0) is 19.9 Å². The van der Waals surface area contributed by atoms with Gasteiger partial charge in [-0.15, -0.1) is 0 Å². The lowest BCUT2D eigenvalue weighted by Gasteiger charge is -2.06. The number of aryl methyl sites for hydroxylation is 2. The quantitative estimate of drug-likeness (QED) is 0.873. The standard InChI is InChI=1S/C13H17N3O3S/c1-3-16-9-13(15-10(16)2)20(18,19)14-8-11-6-4-5-7-12(11)17/h4-7,9,14,17H,3,8H2,1-2H3. The summed E-state index contributed by atoms with van der Waals surface area (Å²) in [7, 11) is -3.68. The Morgan fingerprint density at radius 1 is 1.35 bits per heavy atom. The Bertz CT molecular complexity index is 707. The SMILES string of the molecule is CCn1cc(S(=O)(=O)NCc2ccccc2O)nc1C. The summed E-state index contributed by atoms with van der Waals surface area (Å²) >= 11 is 0. The molecule has 0 saturated carbocycles. The summed E-state index contributed by atoms with van der Waals surface area (Å²) in [5, 5.41) is 9.60. The van der Waals surface area contributed by atoms with E-state index in [0.29, 0.717) is 17.9 Å². The van der Waals surface area contributed by atoms with E-state index in [0.717, 1.165) is 0 Å². The van der Waals surface area contributed by atoms with Crippen LogP contribution in [0.4, 0.5) is 0 Å². The number of aromatic hydroxyl groups is 1. The topological polar surface area (TPSA) is 84.2 Å². The van der Waals surface area contributed by atoms with E-state index >= 15 is 0 Å². The van der Waals surface area contributed by atoms with Crippen molar-refractivity contribution in [2.24, 2.45) is 0 Å². The first kappa shape index (κ1) is 14.5. The highest BCUT2D eigenvalue weighted by Gasteiger charge is 2.19. The van der Waals surface area contributed by atoms with Crippen LogP contribution in [0.15, 0.2) is 35.5 Å². The monoisotopic (exact) mass is 295 g/mol. The molecule has 0 saturated heterocycles. The minimum atomic E-state index is -3.68. The van der Waals surface area contributed by atoms with Crippen LogP contribution in [0, 0.1) is 6.92 Å². The fraction of sp³-hybridized carbons (Fsp3) is 0.308. The molecule has 1 heterocycles. The summed E-state index contributed by atoms with van der Waals surface area (Å²) in [4.78, 5) is 4.04. The van der Waals surface area contributed by atoms with Crippen LogP contribution in [-0.2, 0) is 23.1 Å². The molecular formula is C13H17N3O3S. The number of aromatic nitrogens is 2. The van der Waals surface area contributed by atoms with Crippen LogP contribution in [0.3, 0.4) is 0 Å². The summed E-state index contributed by atoms with van der Waals surface area (Å²) < 4.78 is 28.5. The van der Waals surface area contributed by atoms with E-state index in [-0.39, 0.29) is 17.3 Å². The zero-order valence-corrected chi connectivity index (χ0v) is 12.2. The Morgan fingerprint density at radius 2 is 2.05 bits per heavy atom. The Labute approximate surface area is 118 Å². The number of hydrogen-bond donors (Lipinski definition) is 2. The van der Waals surface area contributed by atoms with E-state index in [2.05, 4.69) is 9.71 Å². The molecule has 0 aliphatic heterocycles. The van der Waals surface area contributed by atoms with Gasteiger partial charge in [-0.2, -0.15) is 0 Å². The molecule has 0 aliphatic carbocycles. The van der Waals surface area contributed by atoms with Crippen molar-refractivity contribution < 1.29 is 13.5 Å². The molecule has 20 heavy (non-hydrogen) atoms. The highest BCUT2D eigenvalue weighted by atomic mass is 32.2. The lowest BCUT2D eigenvalue weighted by Crippen LogP contribution is -2.23. The molecular weight excluding hydrogens is 278 g/mol. The van der Waals surface area contributed by atoms with Crippen molar-refractivity contribution in [2.75, 3.05) is 0 Å². The highest BCUT2D eigenvalue weighted by Crippen LogP contribution is 2.16. The van der Waals surface area contributed by atoms with Crippen molar-refractivity contribution in [1.82, 2.24) is 14.3 Å². The largest absolute Gasteiger partial charge is 0.508 e. The van der Waals surface area contributed by atoms with Crippen LogP contribution in [0.1, 0.15) is 18.3 Å². The Kier molecular flexibility index (Phi) is 4.10. The molecule has 0 radical (unpaired) electrons. The number of nitrogens with zero attached hydrogens (tertiary/aromatic N) is 2. The van der Waals surface area contributed by atoms with Crippen LogP contribution in [0.5, 0.6) is 5.75 Å². The first-order valence-corrected chi connectivity index (χ1v) is 7.72. The van der Waals surface area contributed by atoms with E-state index < -0.39 is 10.0 Å². The van der Waals surface area contributed by atoms with Gasteiger partial charge >= 0.3 is 0 Å². The third kappa shape index (κ3) is 3.00. The molecule has 7 heteroatoms. The third-order valence-electron chi connectivity index (χ3n) is 3.01. The van der Waals surface area contributed by atoms with Gasteiger partial charge in [0.2, 0.25) is 0 Å². The molecule has 0 fully saturated rings. The zero-order chi connectivity index (χ0) is 14.8. The normalized spacial score (nSPS) is 11.7. The molecule has 2 N–H and O–H groups in total. The highest BCUT2D eigenvalue weighted by molar-refractivity contribution is 7.89. The predicted molar refractivity (Wildman–Crippen MR) is 74.8 cm³/mol. The second kappa shape index (κ2) is 5.64. The average molecular weight is 295 g/mol. The number of benzene rings is 1. The number of phenolic OH excluding ortho intramolecular Hbond substituents is 1. The van der Waals surface area contributed by atoms with Gasteiger partial charge in [0.15, 0.2) is 5.03 Å². The van der Waals surface area contributed by atoms with Crippen LogP contribution < -0.4 is 4.72 Å². The number of imidazole rings is 1. The summed E-state index contributed by atoms with van der Waals surface area (Å²) in [6.45, 7) is 4.35. The summed E-state index contributed by atoms with van der Waals surface area (Å²) in [6.07, 6.45) is 1.50. The molecule has 1 aromatic carbocycles. The molecule has 0 bridgehead atoms. The van der Waals surface area contributed by atoms with Gasteiger partial charge in [0.25, 0.3) is 10.0 Å². The number of para-hydroxylation sites is 1. The Balaban J connectivity index is 2.17. The van der Waals surface area contributed by atoms with Crippen molar-refractivity contribution in [1.29, 1.82) is 0 Å². The third-order valence-corrected chi connectivity index (χ3v) is 4.29. The predicted octanol–water partition coefficient (Wildman–Crippen LogP) is 1.40. The maximum atomic E-state index is 12.1. The number of nitrogens with one attached hydrogen (secondary N) is 1. The first-order chi connectivity index (χ1) is 9.44. The molecule has 0 spiro atoms. The van der Waals surface area contributed by atoms with Crippen LogP contribution >= 0.6 is 0 Å². The smallest absolute Gasteiger partial charge is 0.259 e. The van der Waals surface area contributed by atoms with Gasteiger partial charge in [-0.25, -0.2) is 18.1 Å². The minimum Gasteiger partial charge on any atom is -0.508 e. The minimum absolute atomic E-state index is 0.00716. The summed E-state index contributed by atoms with van der Waals surface area (Å²) in [5.74, 6) is 0.709. The second-order valence-electron chi connectivity index (χ2n) is 4.37. The number of hydrogen-bond acceptors (Lipinski definition) is 4. The molecule has 1 aromatic heterocycles. The maximum Gasteiger partial charge on any atom is 0.259 e. The fourth-order valence-electron chi connectivity index (χ4n) is 1.84. The number of sulfonamides is 1. The van der Waals surface area contributed by atoms with Crippen molar-refractivity contribution in [3.05, 3.63) is 41.9 Å². The van der Waals surface area contributed by atoms with Gasteiger partial charge in [0, 0.05) is 24.8 Å². The van der Waals surface area contributed by atoms with Gasteiger partial charge in [0.1, 0.15) is 11.6 Å². The van der Waals surface area contributed by atoms with Crippen LogP contribution in [0.25, 0.3) is 0 Å². The summed E-state index contributed by atoms with van der Waals surface area (Å²) in [5.41, 5.74) is 0.516. The van der Waals surface area contributed by atoms with Crippen molar-refractivity contribution in [3.8, 4) is 5.75 Å². The van der Waals surface area contributed by atoms with Gasteiger partial charge in [-0.1, -0.05) is 18.2 Å². The van der Waals surface area contributed by atoms with Crippen molar-refractivity contribution in [2.45, 2.75) is 32.0 Å². The van der Waals surface area contributed by atoms with Crippen molar-refractivity contribution >= 4 is 10.0 Å². The van der Waals surface area contributed by atoms with E-state index in [4.69, 9.17) is 0 Å². The second-order valence-corrected chi connectivity index (χ2v) is 6.08. The van der Waals surface area contributed by atoms with E-state index in [1.165, 1.54) is 12.3 Å². The Morgan fingerprint density at radius 3 is 2.65 bits per heavy atom. The molecule has 6 nitrogen and oxygen atoms in total. The first-order valence-electron chi connectivity index (χ1n) is 6.24. The van der Waals surface area contributed by atoms with Gasteiger partial charge < -0.3 is 9.67 Å². The molecule has 0 aliphatic rings. The van der Waals surface area contributed by atoms with Crippen LogP contribution in [-0.4, -0.2) is 23.1 Å². The lowest BCUT2D eigenvalue weighted by atomic mass is 10.2. The molecule has 0 amide bonds. The fourth-order valence-corrected chi connectivity index (χ4v) is 2.85. The maximum absolute atomic E-state index is 12.1. The number of rotatable bonds is 5. The van der Waals surface area contributed by atoms with Crippen molar-refractivity contribution in [3.63, 3.8) is 0 Å². The van der Waals surface area contributed by atoms with Crippen LogP contribution in [0.2, 0.25) is 0 Å². The molecule has 108 valence electrons.